The molecule has 174 valence electrons. The van der Waals surface area contributed by atoms with Gasteiger partial charge >= 0.3 is 183 Å². The number of hydrogen-bond donors (Lipinski definition) is 1. The van der Waals surface area contributed by atoms with Gasteiger partial charge < -0.3 is 0 Å². The number of benzene rings is 2. The number of carbonyl (C=O) groups excluding carboxylic acids is 1. The fourth-order valence-electron chi connectivity index (χ4n) is 3.30. The van der Waals surface area contributed by atoms with E-state index < -0.39 is 30.5 Å². The standard InChI is InChI=1S/C20H16F3N4O2.3CH3.Sn/c1-27(19(28)20(21,22)23)12-15-4-2-14(3-5-15)10-25-26-17-8-6-16(7-9-17)18-11-24-13-29-18;;;;/h2-4,6-11,13,26H,12H2,1H3;3*1H3;/b25-10+;;;;. The van der Waals surface area contributed by atoms with Gasteiger partial charge in [-0.2, -0.15) is 0 Å². The molecule has 0 aliphatic rings. The van der Waals surface area contributed by atoms with Gasteiger partial charge in [0.1, 0.15) is 0 Å². The molecule has 0 aliphatic heterocycles. The first-order valence-corrected chi connectivity index (χ1v) is 20.2. The molecule has 0 radical (unpaired) electrons. The number of hydrogen-bond acceptors (Lipinski definition) is 5. The predicted molar refractivity (Wildman–Crippen MR) is 125 cm³/mol. The van der Waals surface area contributed by atoms with Crippen LogP contribution in [-0.2, 0) is 11.3 Å². The number of amides is 1. The summed E-state index contributed by atoms with van der Waals surface area (Å²) in [5.74, 6) is -1.17. The Morgan fingerprint density at radius 1 is 1.18 bits per heavy atom. The third-order valence-electron chi connectivity index (χ3n) is 4.95. The van der Waals surface area contributed by atoms with Crippen LogP contribution in [0.3, 0.4) is 0 Å². The van der Waals surface area contributed by atoms with Gasteiger partial charge in [0.25, 0.3) is 0 Å². The molecule has 33 heavy (non-hydrogen) atoms. The number of nitrogens with one attached hydrogen (secondary N) is 1. The third kappa shape index (κ3) is 6.59. The van der Waals surface area contributed by atoms with E-state index in [1.54, 1.807) is 24.5 Å². The van der Waals surface area contributed by atoms with Crippen LogP contribution >= 0.6 is 0 Å². The van der Waals surface area contributed by atoms with Crippen LogP contribution in [0.2, 0.25) is 14.8 Å². The summed E-state index contributed by atoms with van der Waals surface area (Å²) < 4.78 is 44.6. The van der Waals surface area contributed by atoms with Crippen molar-refractivity contribution in [2.45, 2.75) is 27.5 Å². The minimum absolute atomic E-state index is 0.0882. The van der Waals surface area contributed by atoms with Crippen molar-refractivity contribution < 1.29 is 22.4 Å². The van der Waals surface area contributed by atoms with Crippen LogP contribution in [0.25, 0.3) is 11.3 Å². The zero-order valence-corrected chi connectivity index (χ0v) is 21.6. The van der Waals surface area contributed by atoms with Gasteiger partial charge in [-0.25, -0.2) is 4.98 Å². The van der Waals surface area contributed by atoms with Gasteiger partial charge in [0.2, 0.25) is 0 Å². The van der Waals surface area contributed by atoms with E-state index in [4.69, 9.17) is 4.42 Å². The summed E-state index contributed by atoms with van der Waals surface area (Å²) in [6.07, 6.45) is -0.205. The van der Waals surface area contributed by atoms with Crippen LogP contribution in [0, 0.1) is 0 Å². The number of anilines is 1. The maximum atomic E-state index is 12.8. The molecule has 1 aromatic heterocycles. The molecule has 3 rings (SSSR count). The van der Waals surface area contributed by atoms with Crippen molar-refractivity contribution in [2.24, 2.45) is 5.10 Å². The van der Waals surface area contributed by atoms with Gasteiger partial charge in [0, 0.05) is 0 Å². The van der Waals surface area contributed by atoms with Gasteiger partial charge in [-0.15, -0.1) is 0 Å². The molecule has 10 heteroatoms. The molecule has 0 aliphatic carbocycles. The fraction of sp³-hybridized carbons (Fsp3) is 0.261. The summed E-state index contributed by atoms with van der Waals surface area (Å²) in [6.45, 7) is -0.0882. The van der Waals surface area contributed by atoms with Gasteiger partial charge in [0.05, 0.1) is 0 Å². The molecule has 6 nitrogen and oxygen atoms in total. The number of nitrogens with zero attached hydrogens (tertiary/aromatic N) is 3. The normalized spacial score (nSPS) is 12.2. The van der Waals surface area contributed by atoms with E-state index in [0.717, 1.165) is 26.0 Å². The van der Waals surface area contributed by atoms with Crippen LogP contribution in [-0.4, -0.2) is 53.6 Å². The summed E-state index contributed by atoms with van der Waals surface area (Å²) in [4.78, 5) is 22.7. The van der Waals surface area contributed by atoms with E-state index >= 15 is 0 Å². The molecule has 0 unspecified atom stereocenters. The van der Waals surface area contributed by atoms with Gasteiger partial charge in [0.15, 0.2) is 6.39 Å². The molecular formula is C23H25F3N4O2Sn. The Labute approximate surface area is 194 Å². The Kier molecular flexibility index (Phi) is 7.51. The average molecular weight is 565 g/mol. The number of carbonyl (C=O) groups is 1. The first kappa shape index (κ1) is 24.8. The quantitative estimate of drug-likeness (QED) is 0.253. The number of halogens is 3. The van der Waals surface area contributed by atoms with E-state index in [9.17, 15) is 18.0 Å². The molecule has 3 aromatic rings. The number of rotatable bonds is 7. The fourth-order valence-corrected chi connectivity index (χ4v) is 8.23. The second kappa shape index (κ2) is 9.98. The topological polar surface area (TPSA) is 70.7 Å². The Hall–Kier alpha value is -2.82. The average Bonchev–Trinajstić information content (AvgIpc) is 3.28. The van der Waals surface area contributed by atoms with Gasteiger partial charge in [-0.1, -0.05) is 0 Å². The van der Waals surface area contributed by atoms with Crippen molar-refractivity contribution in [2.75, 3.05) is 12.5 Å². The van der Waals surface area contributed by atoms with E-state index in [1.165, 1.54) is 13.4 Å². The van der Waals surface area contributed by atoms with Crippen molar-refractivity contribution in [1.29, 1.82) is 0 Å². The molecule has 0 saturated heterocycles. The van der Waals surface area contributed by atoms with Crippen LogP contribution in [0.15, 0.2) is 64.6 Å². The monoisotopic (exact) mass is 566 g/mol. The summed E-state index contributed by atoms with van der Waals surface area (Å²) in [6, 6.07) is 13.0. The molecular weight excluding hydrogens is 540 g/mol. The summed E-state index contributed by atoms with van der Waals surface area (Å²) in [5, 5.41) is 4.28. The van der Waals surface area contributed by atoms with Gasteiger partial charge in [-0.05, 0) is 0 Å². The number of aromatic nitrogens is 1. The number of oxazole rings is 1. The SMILES string of the molecule is CN(Cc1ccc(/C=N/Nc2ccc(-c3cnco3)cc2)c[c]1[Sn]([CH3])([CH3])[CH3])C(=O)C(F)(F)F. The molecule has 0 saturated carbocycles. The molecule has 0 fully saturated rings. The Morgan fingerprint density at radius 2 is 1.88 bits per heavy atom. The van der Waals surface area contributed by atoms with Crippen LogP contribution < -0.4 is 9.01 Å². The molecule has 1 N–H and O–H groups in total. The molecule has 2 aromatic carbocycles. The third-order valence-corrected chi connectivity index (χ3v) is 10.9. The van der Waals surface area contributed by atoms with Crippen LogP contribution in [0.4, 0.5) is 18.9 Å². The van der Waals surface area contributed by atoms with Crippen LogP contribution in [0.1, 0.15) is 11.1 Å². The Balaban J connectivity index is 1.73. The van der Waals surface area contributed by atoms with Crippen molar-refractivity contribution >= 4 is 39.8 Å². The number of alkyl halides is 3. The zero-order valence-electron chi connectivity index (χ0n) is 18.8. The summed E-state index contributed by atoms with van der Waals surface area (Å²) in [5.41, 5.74) is 6.22. The summed E-state index contributed by atoms with van der Waals surface area (Å²) in [7, 11) is 1.17. The van der Waals surface area contributed by atoms with E-state index in [-0.39, 0.29) is 6.54 Å². The van der Waals surface area contributed by atoms with Crippen molar-refractivity contribution in [3.8, 4) is 11.3 Å². The van der Waals surface area contributed by atoms with E-state index in [0.29, 0.717) is 10.7 Å². The Morgan fingerprint density at radius 3 is 2.45 bits per heavy atom. The molecule has 1 amide bonds. The molecule has 0 bridgehead atoms. The maximum absolute atomic E-state index is 12.8. The first-order chi connectivity index (χ1) is 15.4. The second-order valence-corrected chi connectivity index (χ2v) is 23.0. The van der Waals surface area contributed by atoms with Crippen LogP contribution in [0.5, 0.6) is 0 Å². The molecule has 0 atom stereocenters. The second-order valence-electron chi connectivity index (χ2n) is 8.64. The van der Waals surface area contributed by atoms with E-state index in [1.807, 2.05) is 30.3 Å². The molecule has 0 spiro atoms. The minimum atomic E-state index is -4.88. The van der Waals surface area contributed by atoms with Crippen molar-refractivity contribution in [3.63, 3.8) is 0 Å². The molecule has 1 heterocycles. The van der Waals surface area contributed by atoms with Crippen molar-refractivity contribution in [3.05, 3.63) is 66.2 Å². The van der Waals surface area contributed by atoms with E-state index in [2.05, 4.69) is 30.3 Å². The first-order valence-electron chi connectivity index (χ1n) is 10.2. The van der Waals surface area contributed by atoms with Crippen molar-refractivity contribution in [1.82, 2.24) is 9.88 Å². The predicted octanol–water partition coefficient (Wildman–Crippen LogP) is 4.85. The summed E-state index contributed by atoms with van der Waals surface area (Å²) >= 11 is -2.71. The number of hydrazone groups is 1. The van der Waals surface area contributed by atoms with Gasteiger partial charge in [-0.3, -0.25) is 0 Å². The zero-order chi connectivity index (χ0) is 24.2. The Bertz CT molecular complexity index is 1120.